The van der Waals surface area contributed by atoms with Crippen molar-refractivity contribution < 1.29 is 4.79 Å². The van der Waals surface area contributed by atoms with Gasteiger partial charge < -0.3 is 10.6 Å². The molecule has 2 N–H and O–H groups in total. The lowest BCUT2D eigenvalue weighted by Crippen LogP contribution is -2.49. The van der Waals surface area contributed by atoms with E-state index in [1.807, 2.05) is 41.3 Å². The maximum atomic E-state index is 12.5. The van der Waals surface area contributed by atoms with Gasteiger partial charge in [-0.25, -0.2) is 0 Å². The number of nitrogen functional groups attached to an aromatic ring is 1. The van der Waals surface area contributed by atoms with E-state index >= 15 is 0 Å². The Labute approximate surface area is 160 Å². The molecule has 1 amide bonds. The number of piperazine rings is 1. The Balaban J connectivity index is 1.49. The quantitative estimate of drug-likeness (QED) is 0.814. The number of nitrogens with two attached hydrogens (primary N) is 1. The molecule has 1 aliphatic heterocycles. The molecule has 26 heavy (non-hydrogen) atoms. The van der Waals surface area contributed by atoms with Crippen molar-refractivity contribution in [3.63, 3.8) is 0 Å². The molecule has 0 spiro atoms. The summed E-state index contributed by atoms with van der Waals surface area (Å²) in [6.07, 6.45) is 1.22. The number of hydrogen-bond donors (Lipinski definition) is 1. The highest BCUT2D eigenvalue weighted by Gasteiger charge is 2.24. The van der Waals surface area contributed by atoms with E-state index in [2.05, 4.69) is 24.0 Å². The molecular weight excluding hydrogens is 346 g/mol. The molecule has 0 radical (unpaired) electrons. The number of carbonyl (C=O) groups excluding carboxylic acids is 1. The predicted molar refractivity (Wildman–Crippen MR) is 107 cm³/mol. The van der Waals surface area contributed by atoms with E-state index in [9.17, 15) is 4.79 Å². The van der Waals surface area contributed by atoms with Crippen LogP contribution in [0.3, 0.4) is 0 Å². The van der Waals surface area contributed by atoms with Crippen molar-refractivity contribution in [1.82, 2.24) is 9.80 Å². The van der Waals surface area contributed by atoms with Crippen LogP contribution < -0.4 is 5.73 Å². The van der Waals surface area contributed by atoms with E-state index < -0.39 is 0 Å². The first kappa shape index (κ1) is 18.7. The minimum absolute atomic E-state index is 0.215. The van der Waals surface area contributed by atoms with E-state index in [0.29, 0.717) is 18.9 Å². The van der Waals surface area contributed by atoms with E-state index in [4.69, 9.17) is 17.3 Å². The standard InChI is InChI=1S/C21H26ClN3O/c1-16(17-6-9-19(22)10-7-17)24-12-14-25(15-13-24)21(26)11-8-18-4-2-3-5-20(18)23/h2-7,9-10,16H,8,11-15,23H2,1H3. The van der Waals surface area contributed by atoms with E-state index in [1.165, 1.54) is 5.56 Å². The maximum absolute atomic E-state index is 12.5. The third kappa shape index (κ3) is 4.57. The summed E-state index contributed by atoms with van der Waals surface area (Å²) in [6, 6.07) is 16.1. The van der Waals surface area contributed by atoms with Crippen LogP contribution in [0.2, 0.25) is 5.02 Å². The topological polar surface area (TPSA) is 49.6 Å². The first-order valence-electron chi connectivity index (χ1n) is 9.15. The van der Waals surface area contributed by atoms with Gasteiger partial charge in [-0.3, -0.25) is 9.69 Å². The number of aryl methyl sites for hydroxylation is 1. The van der Waals surface area contributed by atoms with Crippen LogP contribution in [0.4, 0.5) is 5.69 Å². The van der Waals surface area contributed by atoms with Crippen molar-refractivity contribution in [3.05, 3.63) is 64.7 Å². The van der Waals surface area contributed by atoms with Crippen molar-refractivity contribution in [2.45, 2.75) is 25.8 Å². The van der Waals surface area contributed by atoms with Gasteiger partial charge in [-0.05, 0) is 42.7 Å². The van der Waals surface area contributed by atoms with Crippen LogP contribution in [-0.4, -0.2) is 41.9 Å². The summed E-state index contributed by atoms with van der Waals surface area (Å²) in [5, 5.41) is 0.760. The monoisotopic (exact) mass is 371 g/mol. The fourth-order valence-corrected chi connectivity index (χ4v) is 3.60. The minimum atomic E-state index is 0.215. The van der Waals surface area contributed by atoms with Gasteiger partial charge in [-0.2, -0.15) is 0 Å². The average Bonchev–Trinajstić information content (AvgIpc) is 2.67. The highest BCUT2D eigenvalue weighted by atomic mass is 35.5. The molecule has 0 bridgehead atoms. The van der Waals surface area contributed by atoms with Crippen molar-refractivity contribution in [1.29, 1.82) is 0 Å². The molecule has 1 heterocycles. The number of amides is 1. The van der Waals surface area contributed by atoms with Gasteiger partial charge in [0.15, 0.2) is 0 Å². The molecule has 5 heteroatoms. The molecule has 138 valence electrons. The van der Waals surface area contributed by atoms with E-state index in [1.54, 1.807) is 0 Å². The van der Waals surface area contributed by atoms with E-state index in [0.717, 1.165) is 42.5 Å². The Bertz CT molecular complexity index is 739. The second-order valence-corrected chi connectivity index (χ2v) is 7.28. The molecule has 0 saturated carbocycles. The van der Waals surface area contributed by atoms with Crippen molar-refractivity contribution in [2.75, 3.05) is 31.9 Å². The van der Waals surface area contributed by atoms with Gasteiger partial charge in [0.05, 0.1) is 0 Å². The van der Waals surface area contributed by atoms with Gasteiger partial charge in [-0.15, -0.1) is 0 Å². The third-order valence-corrected chi connectivity index (χ3v) is 5.48. The summed E-state index contributed by atoms with van der Waals surface area (Å²) in [4.78, 5) is 16.9. The molecular formula is C21H26ClN3O. The number of anilines is 1. The summed E-state index contributed by atoms with van der Waals surface area (Å²) in [7, 11) is 0. The highest BCUT2D eigenvalue weighted by molar-refractivity contribution is 6.30. The van der Waals surface area contributed by atoms with Crippen molar-refractivity contribution in [3.8, 4) is 0 Å². The number of benzene rings is 2. The van der Waals surface area contributed by atoms with Crippen LogP contribution in [0.25, 0.3) is 0 Å². The van der Waals surface area contributed by atoms with E-state index in [-0.39, 0.29) is 5.91 Å². The Kier molecular flexibility index (Phi) is 6.17. The molecule has 1 unspecified atom stereocenters. The zero-order valence-corrected chi connectivity index (χ0v) is 16.0. The van der Waals surface area contributed by atoms with Crippen LogP contribution in [0.5, 0.6) is 0 Å². The second-order valence-electron chi connectivity index (χ2n) is 6.84. The van der Waals surface area contributed by atoms with Crippen molar-refractivity contribution >= 4 is 23.2 Å². The Morgan fingerprint density at radius 2 is 1.73 bits per heavy atom. The number of para-hydroxylation sites is 1. The second kappa shape index (κ2) is 8.56. The van der Waals surface area contributed by atoms with Gasteiger partial charge in [0.2, 0.25) is 5.91 Å². The van der Waals surface area contributed by atoms with Crippen LogP contribution in [-0.2, 0) is 11.2 Å². The predicted octanol–water partition coefficient (Wildman–Crippen LogP) is 3.76. The normalized spacial score (nSPS) is 16.5. The molecule has 2 aromatic carbocycles. The molecule has 1 saturated heterocycles. The Hall–Kier alpha value is -2.04. The van der Waals surface area contributed by atoms with Gasteiger partial charge in [-0.1, -0.05) is 41.9 Å². The first-order valence-corrected chi connectivity index (χ1v) is 9.53. The van der Waals surface area contributed by atoms with Gasteiger partial charge in [0.1, 0.15) is 0 Å². The summed E-state index contributed by atoms with van der Waals surface area (Å²) >= 11 is 5.97. The number of carbonyl (C=O) groups is 1. The van der Waals surface area contributed by atoms with Crippen LogP contribution >= 0.6 is 11.6 Å². The number of halogens is 1. The summed E-state index contributed by atoms with van der Waals surface area (Å²) < 4.78 is 0. The van der Waals surface area contributed by atoms with Gasteiger partial charge in [0, 0.05) is 49.4 Å². The van der Waals surface area contributed by atoms with Crippen molar-refractivity contribution in [2.24, 2.45) is 0 Å². The zero-order valence-electron chi connectivity index (χ0n) is 15.2. The van der Waals surface area contributed by atoms with Crippen LogP contribution in [0.15, 0.2) is 48.5 Å². The Morgan fingerprint density at radius 1 is 1.08 bits per heavy atom. The minimum Gasteiger partial charge on any atom is -0.399 e. The highest BCUT2D eigenvalue weighted by Crippen LogP contribution is 2.23. The molecule has 1 fully saturated rings. The summed E-state index contributed by atoms with van der Waals surface area (Å²) in [6.45, 7) is 5.55. The SMILES string of the molecule is CC(c1ccc(Cl)cc1)N1CCN(C(=O)CCc2ccccc2N)CC1. The Morgan fingerprint density at radius 3 is 2.38 bits per heavy atom. The van der Waals surface area contributed by atoms with Crippen LogP contribution in [0.1, 0.15) is 30.5 Å². The lowest BCUT2D eigenvalue weighted by Gasteiger charge is -2.38. The largest absolute Gasteiger partial charge is 0.399 e. The molecule has 2 aromatic rings. The zero-order chi connectivity index (χ0) is 18.5. The fourth-order valence-electron chi connectivity index (χ4n) is 3.47. The fraction of sp³-hybridized carbons (Fsp3) is 0.381. The molecule has 4 nitrogen and oxygen atoms in total. The van der Waals surface area contributed by atoms with Gasteiger partial charge in [0.25, 0.3) is 0 Å². The molecule has 1 aliphatic rings. The number of hydrogen-bond acceptors (Lipinski definition) is 3. The third-order valence-electron chi connectivity index (χ3n) is 5.23. The number of nitrogens with zero attached hydrogens (tertiary/aromatic N) is 2. The average molecular weight is 372 g/mol. The van der Waals surface area contributed by atoms with Gasteiger partial charge >= 0.3 is 0 Å². The summed E-state index contributed by atoms with van der Waals surface area (Å²) in [5.41, 5.74) is 9.04. The number of rotatable bonds is 5. The molecule has 1 atom stereocenters. The maximum Gasteiger partial charge on any atom is 0.222 e. The lowest BCUT2D eigenvalue weighted by molar-refractivity contribution is -0.133. The lowest BCUT2D eigenvalue weighted by atomic mass is 10.1. The molecule has 0 aliphatic carbocycles. The smallest absolute Gasteiger partial charge is 0.222 e. The molecule has 0 aromatic heterocycles. The molecule has 3 rings (SSSR count). The first-order chi connectivity index (χ1) is 12.5. The van der Waals surface area contributed by atoms with Crippen LogP contribution in [0, 0.1) is 0 Å². The summed E-state index contributed by atoms with van der Waals surface area (Å²) in [5.74, 6) is 0.215.